The second-order valence-electron chi connectivity index (χ2n) is 4.39. The fourth-order valence-corrected chi connectivity index (χ4v) is 2.51. The summed E-state index contributed by atoms with van der Waals surface area (Å²) in [4.78, 5) is 10.9. The first-order chi connectivity index (χ1) is 6.54. The van der Waals surface area contributed by atoms with Crippen LogP contribution in [-0.2, 0) is 4.79 Å². The van der Waals surface area contributed by atoms with E-state index in [2.05, 4.69) is 0 Å². The number of nitrogens with two attached hydrogens (primary N) is 1. The highest BCUT2D eigenvalue weighted by atomic mass is 16.5. The Hall–Kier alpha value is -0.610. The van der Waals surface area contributed by atoms with E-state index in [-0.39, 0.29) is 24.2 Å². The fourth-order valence-electron chi connectivity index (χ4n) is 2.51. The summed E-state index contributed by atoms with van der Waals surface area (Å²) >= 11 is 0. The Kier molecular flexibility index (Phi) is 3.89. The first-order valence-electron chi connectivity index (χ1n) is 5.19. The molecular formula is C10H19NO3. The van der Waals surface area contributed by atoms with Gasteiger partial charge in [0.05, 0.1) is 0 Å². The van der Waals surface area contributed by atoms with Crippen molar-refractivity contribution >= 4 is 5.91 Å². The van der Waals surface area contributed by atoms with E-state index in [9.17, 15) is 4.79 Å². The van der Waals surface area contributed by atoms with Gasteiger partial charge in [-0.3, -0.25) is 4.79 Å². The molecule has 0 spiro atoms. The number of hydrogen-bond acceptors (Lipinski definition) is 3. The van der Waals surface area contributed by atoms with Gasteiger partial charge in [-0.2, -0.15) is 0 Å². The Morgan fingerprint density at radius 3 is 2.29 bits per heavy atom. The van der Waals surface area contributed by atoms with Crippen LogP contribution >= 0.6 is 0 Å². The monoisotopic (exact) mass is 201 g/mol. The van der Waals surface area contributed by atoms with Gasteiger partial charge in [0.25, 0.3) is 0 Å². The zero-order valence-electron chi connectivity index (χ0n) is 8.41. The van der Waals surface area contributed by atoms with Crippen molar-refractivity contribution in [2.45, 2.75) is 51.2 Å². The second-order valence-corrected chi connectivity index (χ2v) is 4.39. The van der Waals surface area contributed by atoms with Gasteiger partial charge >= 0.3 is 0 Å². The van der Waals surface area contributed by atoms with Gasteiger partial charge in [-0.1, -0.05) is 19.3 Å². The lowest BCUT2D eigenvalue weighted by atomic mass is 9.69. The third-order valence-electron chi connectivity index (χ3n) is 3.08. The molecule has 14 heavy (non-hydrogen) atoms. The molecule has 0 saturated heterocycles. The minimum Gasteiger partial charge on any atom is -0.370 e. The summed E-state index contributed by atoms with van der Waals surface area (Å²) in [7, 11) is 0. The van der Waals surface area contributed by atoms with Crippen molar-refractivity contribution in [3.05, 3.63) is 0 Å². The number of carbonyl (C=O) groups is 1. The van der Waals surface area contributed by atoms with Crippen LogP contribution in [0.15, 0.2) is 0 Å². The Morgan fingerprint density at radius 2 is 1.86 bits per heavy atom. The first-order valence-corrected chi connectivity index (χ1v) is 5.19. The van der Waals surface area contributed by atoms with Crippen LogP contribution in [0.25, 0.3) is 0 Å². The standard InChI is InChI=1S/C10H19NO3/c11-8(12)6-10(7-9(13)14)4-2-1-3-5-10/h9,13-14H,1-7H2,(H2,11,12). The molecule has 0 aromatic heterocycles. The summed E-state index contributed by atoms with van der Waals surface area (Å²) in [5.74, 6) is -0.340. The molecule has 82 valence electrons. The Morgan fingerprint density at radius 1 is 1.29 bits per heavy atom. The van der Waals surface area contributed by atoms with Crippen molar-refractivity contribution in [3.63, 3.8) is 0 Å². The maximum atomic E-state index is 10.9. The number of primary amides is 1. The highest BCUT2D eigenvalue weighted by Gasteiger charge is 2.35. The smallest absolute Gasteiger partial charge is 0.217 e. The molecule has 1 saturated carbocycles. The molecule has 4 heteroatoms. The predicted octanol–water partition coefficient (Wildman–Crippen LogP) is 0.513. The molecule has 0 bridgehead atoms. The first kappa shape index (κ1) is 11.5. The van der Waals surface area contributed by atoms with Crippen LogP contribution in [0.2, 0.25) is 0 Å². The molecule has 0 atom stereocenters. The molecule has 4 N–H and O–H groups in total. The molecule has 1 rings (SSSR count). The van der Waals surface area contributed by atoms with Gasteiger partial charge in [0.1, 0.15) is 0 Å². The number of aliphatic hydroxyl groups excluding tert-OH is 1. The fraction of sp³-hybridized carbons (Fsp3) is 0.900. The van der Waals surface area contributed by atoms with E-state index in [1.807, 2.05) is 0 Å². The topological polar surface area (TPSA) is 83.6 Å². The molecule has 0 heterocycles. The molecule has 1 amide bonds. The SMILES string of the molecule is NC(=O)CC1(CC(O)O)CCCCC1. The molecule has 1 aliphatic carbocycles. The molecule has 4 nitrogen and oxygen atoms in total. The Bertz CT molecular complexity index is 198. The van der Waals surface area contributed by atoms with Crippen LogP contribution < -0.4 is 5.73 Å². The van der Waals surface area contributed by atoms with Gasteiger partial charge in [-0.15, -0.1) is 0 Å². The van der Waals surface area contributed by atoms with Crippen LogP contribution in [0.3, 0.4) is 0 Å². The molecule has 0 aromatic carbocycles. The average Bonchev–Trinajstić information content (AvgIpc) is 2.01. The summed E-state index contributed by atoms with van der Waals surface area (Å²) in [6.45, 7) is 0. The summed E-state index contributed by atoms with van der Waals surface area (Å²) in [6.07, 6.45) is 4.27. The van der Waals surface area contributed by atoms with Crippen LogP contribution in [0.1, 0.15) is 44.9 Å². The van der Waals surface area contributed by atoms with E-state index in [4.69, 9.17) is 15.9 Å². The normalized spacial score (nSPS) is 21.1. The van der Waals surface area contributed by atoms with Crippen molar-refractivity contribution in [2.24, 2.45) is 11.1 Å². The zero-order valence-corrected chi connectivity index (χ0v) is 8.41. The largest absolute Gasteiger partial charge is 0.370 e. The van der Waals surface area contributed by atoms with E-state index in [1.54, 1.807) is 0 Å². The minimum atomic E-state index is -1.33. The number of amides is 1. The lowest BCUT2D eigenvalue weighted by Crippen LogP contribution is -2.33. The number of hydrogen-bond donors (Lipinski definition) is 3. The summed E-state index contributed by atoms with van der Waals surface area (Å²) in [6, 6.07) is 0. The average molecular weight is 201 g/mol. The maximum Gasteiger partial charge on any atom is 0.217 e. The van der Waals surface area contributed by atoms with Gasteiger partial charge in [-0.25, -0.2) is 0 Å². The highest BCUT2D eigenvalue weighted by Crippen LogP contribution is 2.42. The minimum absolute atomic E-state index is 0.252. The van der Waals surface area contributed by atoms with Crippen molar-refractivity contribution in [2.75, 3.05) is 0 Å². The Balaban J connectivity index is 2.61. The number of carbonyl (C=O) groups excluding carboxylic acids is 1. The van der Waals surface area contributed by atoms with Crippen molar-refractivity contribution in [1.82, 2.24) is 0 Å². The van der Waals surface area contributed by atoms with E-state index < -0.39 is 6.29 Å². The molecule has 0 radical (unpaired) electrons. The molecule has 0 unspecified atom stereocenters. The molecule has 1 aliphatic rings. The summed E-state index contributed by atoms with van der Waals surface area (Å²) < 4.78 is 0. The molecule has 0 aromatic rings. The van der Waals surface area contributed by atoms with Crippen LogP contribution in [0.5, 0.6) is 0 Å². The lowest BCUT2D eigenvalue weighted by molar-refractivity contribution is -0.124. The molecular weight excluding hydrogens is 182 g/mol. The van der Waals surface area contributed by atoms with Gasteiger partial charge in [0, 0.05) is 12.8 Å². The van der Waals surface area contributed by atoms with Crippen molar-refractivity contribution < 1.29 is 15.0 Å². The highest BCUT2D eigenvalue weighted by molar-refractivity contribution is 5.74. The van der Waals surface area contributed by atoms with Gasteiger partial charge in [-0.05, 0) is 18.3 Å². The van der Waals surface area contributed by atoms with E-state index >= 15 is 0 Å². The van der Waals surface area contributed by atoms with Gasteiger partial charge in [0.2, 0.25) is 5.91 Å². The second kappa shape index (κ2) is 4.75. The van der Waals surface area contributed by atoms with Gasteiger partial charge < -0.3 is 15.9 Å². The predicted molar refractivity (Wildman–Crippen MR) is 52.2 cm³/mol. The third-order valence-corrected chi connectivity index (χ3v) is 3.08. The third kappa shape index (κ3) is 3.27. The summed E-state index contributed by atoms with van der Waals surface area (Å²) in [5, 5.41) is 18.0. The van der Waals surface area contributed by atoms with Gasteiger partial charge in [0.15, 0.2) is 6.29 Å². The molecule has 0 aliphatic heterocycles. The number of aliphatic hydroxyl groups is 2. The van der Waals surface area contributed by atoms with Crippen LogP contribution in [0, 0.1) is 5.41 Å². The van der Waals surface area contributed by atoms with Crippen LogP contribution in [0.4, 0.5) is 0 Å². The Labute approximate surface area is 84.1 Å². The lowest BCUT2D eigenvalue weighted by Gasteiger charge is -2.36. The zero-order chi connectivity index (χ0) is 10.6. The van der Waals surface area contributed by atoms with Crippen molar-refractivity contribution in [1.29, 1.82) is 0 Å². The summed E-state index contributed by atoms with van der Waals surface area (Å²) in [5.41, 5.74) is 4.93. The van der Waals surface area contributed by atoms with E-state index in [1.165, 1.54) is 6.42 Å². The van der Waals surface area contributed by atoms with E-state index in [0.717, 1.165) is 25.7 Å². The van der Waals surface area contributed by atoms with E-state index in [0.29, 0.717) is 0 Å². The maximum absolute atomic E-state index is 10.9. The number of rotatable bonds is 4. The molecule has 1 fully saturated rings. The van der Waals surface area contributed by atoms with Crippen LogP contribution in [-0.4, -0.2) is 22.4 Å². The van der Waals surface area contributed by atoms with Crippen molar-refractivity contribution in [3.8, 4) is 0 Å². The quantitative estimate of drug-likeness (QED) is 0.579.